The van der Waals surface area contributed by atoms with Gasteiger partial charge in [0.05, 0.1) is 12.4 Å². The lowest BCUT2D eigenvalue weighted by Gasteiger charge is -2.16. The van der Waals surface area contributed by atoms with Gasteiger partial charge >= 0.3 is 5.97 Å². The topological polar surface area (TPSA) is 146 Å². The average Bonchev–Trinajstić information content (AvgIpc) is 3.02. The predicted octanol–water partition coefficient (Wildman–Crippen LogP) is -1.02. The number of rotatable bonds is 3. The lowest BCUT2D eigenvalue weighted by Crippen LogP contribution is -2.37. The molecule has 0 aromatic carbocycles. The zero-order valence-electron chi connectivity index (χ0n) is 12.5. The number of ether oxygens (including phenoxy) is 2. The maximum absolute atomic E-state index is 12.0. The third kappa shape index (κ3) is 2.60. The van der Waals surface area contributed by atoms with Crippen LogP contribution in [0, 0.1) is 0 Å². The van der Waals surface area contributed by atoms with Gasteiger partial charge in [-0.1, -0.05) is 0 Å². The molecule has 4 atom stereocenters. The van der Waals surface area contributed by atoms with Crippen LogP contribution >= 0.6 is 0 Å². The zero-order chi connectivity index (χ0) is 16.7. The summed E-state index contributed by atoms with van der Waals surface area (Å²) in [6.45, 7) is 3.35. The molecule has 0 spiro atoms. The SMILES string of the molecule is CC(C)OC(=O)[C@H]1O[C@@H](n2cnc3c(N)ncnc32)[C@H](O)[C@@H]1O. The lowest BCUT2D eigenvalue weighted by molar-refractivity contribution is -0.165. The number of aliphatic hydroxyl groups is 2. The highest BCUT2D eigenvalue weighted by Crippen LogP contribution is 2.32. The fourth-order valence-corrected chi connectivity index (χ4v) is 2.44. The smallest absolute Gasteiger partial charge is 0.338 e. The molecule has 10 heteroatoms. The molecule has 1 aliphatic rings. The van der Waals surface area contributed by atoms with E-state index in [0.29, 0.717) is 11.2 Å². The van der Waals surface area contributed by atoms with Crippen LogP contribution in [0.5, 0.6) is 0 Å². The van der Waals surface area contributed by atoms with Gasteiger partial charge in [-0.2, -0.15) is 0 Å². The number of carbonyl (C=O) groups is 1. The van der Waals surface area contributed by atoms with Gasteiger partial charge in [0.1, 0.15) is 24.1 Å². The summed E-state index contributed by atoms with van der Waals surface area (Å²) < 4.78 is 11.9. The first kappa shape index (κ1) is 15.6. The molecule has 3 rings (SSSR count). The van der Waals surface area contributed by atoms with Crippen molar-refractivity contribution in [2.75, 3.05) is 5.73 Å². The van der Waals surface area contributed by atoms with Crippen molar-refractivity contribution in [1.82, 2.24) is 19.5 Å². The standard InChI is InChI=1S/C13H17N5O5/c1-5(2)22-13(21)9-7(19)8(20)12(23-9)18-4-17-6-10(14)15-3-16-11(6)18/h3-5,7-9,12,19-20H,1-2H3,(H2,14,15,16)/t7-,8+,9-,12+/m0/s1. The van der Waals surface area contributed by atoms with E-state index in [-0.39, 0.29) is 11.9 Å². The molecule has 0 bridgehead atoms. The molecule has 3 heterocycles. The molecule has 1 saturated heterocycles. The van der Waals surface area contributed by atoms with E-state index in [0.717, 1.165) is 0 Å². The fourth-order valence-electron chi connectivity index (χ4n) is 2.44. The van der Waals surface area contributed by atoms with Gasteiger partial charge in [0.25, 0.3) is 0 Å². The van der Waals surface area contributed by atoms with Crippen molar-refractivity contribution < 1.29 is 24.5 Å². The Bertz CT molecular complexity index is 733. The van der Waals surface area contributed by atoms with E-state index in [9.17, 15) is 15.0 Å². The molecule has 0 saturated carbocycles. The van der Waals surface area contributed by atoms with E-state index < -0.39 is 30.5 Å². The maximum atomic E-state index is 12.0. The number of imidazole rings is 1. The van der Waals surface area contributed by atoms with Gasteiger partial charge in [-0.05, 0) is 13.8 Å². The third-order valence-electron chi connectivity index (χ3n) is 3.48. The van der Waals surface area contributed by atoms with Crippen LogP contribution in [0.25, 0.3) is 11.2 Å². The molecule has 2 aromatic rings. The number of hydrogen-bond acceptors (Lipinski definition) is 9. The number of aliphatic hydroxyl groups excluding tert-OH is 2. The fraction of sp³-hybridized carbons (Fsp3) is 0.538. The molecular formula is C13H17N5O5. The number of aromatic nitrogens is 4. The van der Waals surface area contributed by atoms with Gasteiger partial charge in [-0.15, -0.1) is 0 Å². The van der Waals surface area contributed by atoms with Crippen LogP contribution in [0.1, 0.15) is 20.1 Å². The van der Waals surface area contributed by atoms with Crippen LogP contribution in [0.2, 0.25) is 0 Å². The number of nitrogens with two attached hydrogens (primary N) is 1. The predicted molar refractivity (Wildman–Crippen MR) is 76.9 cm³/mol. The number of anilines is 1. The highest BCUT2D eigenvalue weighted by Gasteiger charge is 2.48. The Labute approximate surface area is 130 Å². The Kier molecular flexibility index (Phi) is 3.88. The molecule has 1 fully saturated rings. The first-order valence-corrected chi connectivity index (χ1v) is 7.05. The third-order valence-corrected chi connectivity index (χ3v) is 3.48. The second kappa shape index (κ2) is 5.72. The summed E-state index contributed by atoms with van der Waals surface area (Å²) in [5.74, 6) is -0.565. The van der Waals surface area contributed by atoms with Crippen LogP contribution in [0.3, 0.4) is 0 Å². The molecule has 0 radical (unpaired) electrons. The Hall–Kier alpha value is -2.30. The van der Waals surface area contributed by atoms with E-state index in [2.05, 4.69) is 15.0 Å². The van der Waals surface area contributed by atoms with Crippen LogP contribution in [0.4, 0.5) is 5.82 Å². The van der Waals surface area contributed by atoms with E-state index in [1.807, 2.05) is 0 Å². The summed E-state index contributed by atoms with van der Waals surface area (Å²) in [6, 6.07) is 0. The second-order valence-corrected chi connectivity index (χ2v) is 5.50. The molecule has 10 nitrogen and oxygen atoms in total. The first-order chi connectivity index (χ1) is 10.9. The van der Waals surface area contributed by atoms with Crippen molar-refractivity contribution >= 4 is 23.0 Å². The van der Waals surface area contributed by atoms with Crippen LogP contribution in [-0.4, -0.2) is 60.1 Å². The average molecular weight is 323 g/mol. The minimum Gasteiger partial charge on any atom is -0.461 e. The van der Waals surface area contributed by atoms with E-state index >= 15 is 0 Å². The maximum Gasteiger partial charge on any atom is 0.338 e. The summed E-state index contributed by atoms with van der Waals surface area (Å²) in [4.78, 5) is 23.9. The van der Waals surface area contributed by atoms with E-state index in [1.54, 1.807) is 13.8 Å². The van der Waals surface area contributed by atoms with Gasteiger partial charge in [0.2, 0.25) is 0 Å². The first-order valence-electron chi connectivity index (χ1n) is 7.05. The lowest BCUT2D eigenvalue weighted by atomic mass is 10.1. The summed E-state index contributed by atoms with van der Waals surface area (Å²) in [5.41, 5.74) is 6.37. The number of hydrogen-bond donors (Lipinski definition) is 3. The highest BCUT2D eigenvalue weighted by atomic mass is 16.6. The minimum atomic E-state index is -1.43. The van der Waals surface area contributed by atoms with Gasteiger partial charge in [-0.25, -0.2) is 19.7 Å². The quantitative estimate of drug-likeness (QED) is 0.604. The van der Waals surface area contributed by atoms with Gasteiger partial charge < -0.3 is 25.4 Å². The molecule has 124 valence electrons. The number of nitrogen functional groups attached to an aromatic ring is 1. The molecule has 0 unspecified atom stereocenters. The molecule has 0 amide bonds. The summed E-state index contributed by atoms with van der Waals surface area (Å²) >= 11 is 0. The van der Waals surface area contributed by atoms with Gasteiger partial charge in [-0.3, -0.25) is 4.57 Å². The van der Waals surface area contributed by atoms with Gasteiger partial charge in [0.15, 0.2) is 23.8 Å². The number of nitrogens with zero attached hydrogens (tertiary/aromatic N) is 4. The summed E-state index contributed by atoms with van der Waals surface area (Å²) in [6.07, 6.45) is -2.89. The van der Waals surface area contributed by atoms with Crippen molar-refractivity contribution in [3.8, 4) is 0 Å². The van der Waals surface area contributed by atoms with E-state index in [4.69, 9.17) is 15.2 Å². The van der Waals surface area contributed by atoms with Crippen LogP contribution in [-0.2, 0) is 14.3 Å². The summed E-state index contributed by atoms with van der Waals surface area (Å²) in [5, 5.41) is 20.3. The Morgan fingerprint density at radius 3 is 2.78 bits per heavy atom. The normalized spacial score (nSPS) is 27.7. The number of esters is 1. The molecule has 4 N–H and O–H groups in total. The van der Waals surface area contributed by atoms with Crippen molar-refractivity contribution in [2.24, 2.45) is 0 Å². The largest absolute Gasteiger partial charge is 0.461 e. The van der Waals surface area contributed by atoms with E-state index in [1.165, 1.54) is 17.2 Å². The molecule has 1 aliphatic heterocycles. The van der Waals surface area contributed by atoms with Gasteiger partial charge in [0, 0.05) is 0 Å². The Morgan fingerprint density at radius 2 is 2.09 bits per heavy atom. The van der Waals surface area contributed by atoms with Crippen LogP contribution < -0.4 is 5.73 Å². The number of fused-ring (bicyclic) bond motifs is 1. The summed E-state index contributed by atoms with van der Waals surface area (Å²) in [7, 11) is 0. The Morgan fingerprint density at radius 1 is 1.35 bits per heavy atom. The van der Waals surface area contributed by atoms with Crippen molar-refractivity contribution in [3.63, 3.8) is 0 Å². The Balaban J connectivity index is 1.91. The number of carbonyl (C=O) groups excluding carboxylic acids is 1. The minimum absolute atomic E-state index is 0.178. The monoisotopic (exact) mass is 323 g/mol. The molecule has 2 aromatic heterocycles. The molecular weight excluding hydrogens is 306 g/mol. The zero-order valence-corrected chi connectivity index (χ0v) is 12.5. The van der Waals surface area contributed by atoms with Crippen molar-refractivity contribution in [2.45, 2.75) is 44.5 Å². The molecule has 0 aliphatic carbocycles. The van der Waals surface area contributed by atoms with Crippen LogP contribution in [0.15, 0.2) is 12.7 Å². The van der Waals surface area contributed by atoms with Crippen molar-refractivity contribution in [1.29, 1.82) is 0 Å². The second-order valence-electron chi connectivity index (χ2n) is 5.50. The highest BCUT2D eigenvalue weighted by molar-refractivity contribution is 5.81. The van der Waals surface area contributed by atoms with Crippen molar-refractivity contribution in [3.05, 3.63) is 12.7 Å². The molecule has 23 heavy (non-hydrogen) atoms.